The number of rotatable bonds is 4. The van der Waals surface area contributed by atoms with Crippen LogP contribution < -0.4 is 5.32 Å². The molecule has 1 aromatic carbocycles. The highest BCUT2D eigenvalue weighted by Gasteiger charge is 2.06. The Kier molecular flexibility index (Phi) is 3.65. The molecule has 0 aliphatic rings. The van der Waals surface area contributed by atoms with E-state index in [0.29, 0.717) is 0 Å². The molecule has 0 bridgehead atoms. The molecule has 0 saturated heterocycles. The van der Waals surface area contributed by atoms with Crippen molar-refractivity contribution in [2.75, 3.05) is 5.32 Å². The lowest BCUT2D eigenvalue weighted by Gasteiger charge is -2.12. The predicted octanol–water partition coefficient (Wildman–Crippen LogP) is 4.13. The van der Waals surface area contributed by atoms with Crippen molar-refractivity contribution < 1.29 is 0 Å². The van der Waals surface area contributed by atoms with Gasteiger partial charge in [0.2, 0.25) is 0 Å². The second kappa shape index (κ2) is 5.60. The Morgan fingerprint density at radius 3 is 2.67 bits per heavy atom. The van der Waals surface area contributed by atoms with Gasteiger partial charge in [-0.15, -0.1) is 0 Å². The average Bonchev–Trinajstić information content (AvgIpc) is 2.90. The highest BCUT2D eigenvalue weighted by molar-refractivity contribution is 5.57. The second-order valence-electron chi connectivity index (χ2n) is 5.44. The summed E-state index contributed by atoms with van der Waals surface area (Å²) in [4.78, 5) is 4.67. The summed E-state index contributed by atoms with van der Waals surface area (Å²) in [6, 6.07) is 12.6. The highest BCUT2D eigenvalue weighted by Crippen LogP contribution is 2.22. The summed E-state index contributed by atoms with van der Waals surface area (Å²) in [5.74, 6) is 0. The van der Waals surface area contributed by atoms with Crippen LogP contribution in [0.5, 0.6) is 0 Å². The molecule has 3 heteroatoms. The Morgan fingerprint density at radius 2 is 1.90 bits per heavy atom. The summed E-state index contributed by atoms with van der Waals surface area (Å²) in [6.45, 7) is 7.19. The van der Waals surface area contributed by atoms with Crippen molar-refractivity contribution in [3.8, 4) is 0 Å². The molecule has 0 radical (unpaired) electrons. The Morgan fingerprint density at radius 1 is 1.10 bits per heavy atom. The molecule has 3 aromatic rings. The fourth-order valence-electron chi connectivity index (χ4n) is 2.74. The molecule has 1 N–H and O–H groups in total. The molecule has 2 heterocycles. The van der Waals surface area contributed by atoms with E-state index in [-0.39, 0.29) is 0 Å². The van der Waals surface area contributed by atoms with Gasteiger partial charge in [0.05, 0.1) is 12.2 Å². The van der Waals surface area contributed by atoms with Gasteiger partial charge in [0.15, 0.2) is 0 Å². The van der Waals surface area contributed by atoms with Crippen LogP contribution in [-0.2, 0) is 13.0 Å². The van der Waals surface area contributed by atoms with E-state index in [1.165, 1.54) is 22.5 Å². The molecule has 0 amide bonds. The summed E-state index contributed by atoms with van der Waals surface area (Å²) < 4.78 is 2.13. The van der Waals surface area contributed by atoms with Crippen LogP contribution in [0.4, 0.5) is 5.69 Å². The summed E-state index contributed by atoms with van der Waals surface area (Å²) in [7, 11) is 0. The Labute approximate surface area is 125 Å². The molecule has 0 atom stereocenters. The van der Waals surface area contributed by atoms with Crippen LogP contribution in [0, 0.1) is 13.8 Å². The van der Waals surface area contributed by atoms with Gasteiger partial charge in [-0.05, 0) is 43.5 Å². The molecule has 3 rings (SSSR count). The highest BCUT2D eigenvalue weighted by atomic mass is 15.0. The zero-order valence-electron chi connectivity index (χ0n) is 12.9. The number of aryl methyl sites for hydroxylation is 3. The molecule has 3 nitrogen and oxygen atoms in total. The zero-order valence-corrected chi connectivity index (χ0v) is 12.9. The first-order valence-electron chi connectivity index (χ1n) is 7.45. The summed E-state index contributed by atoms with van der Waals surface area (Å²) in [5.41, 5.74) is 7.16. The normalized spacial score (nSPS) is 11.0. The SMILES string of the molecule is CCc1cccc(C)c1NCc1cn2c(C)cccc2n1. The molecule has 108 valence electrons. The number of hydrogen-bond donors (Lipinski definition) is 1. The number of aromatic nitrogens is 2. The van der Waals surface area contributed by atoms with Gasteiger partial charge in [-0.2, -0.15) is 0 Å². The molecule has 21 heavy (non-hydrogen) atoms. The number of hydrogen-bond acceptors (Lipinski definition) is 2. The first-order valence-corrected chi connectivity index (χ1v) is 7.45. The number of pyridine rings is 1. The van der Waals surface area contributed by atoms with Crippen LogP contribution in [0.25, 0.3) is 5.65 Å². The van der Waals surface area contributed by atoms with E-state index in [1.54, 1.807) is 0 Å². The van der Waals surface area contributed by atoms with Gasteiger partial charge in [-0.3, -0.25) is 0 Å². The number of nitrogens with one attached hydrogen (secondary N) is 1. The number of imidazole rings is 1. The van der Waals surface area contributed by atoms with Crippen LogP contribution in [0.1, 0.15) is 29.4 Å². The van der Waals surface area contributed by atoms with Crippen LogP contribution in [0.3, 0.4) is 0 Å². The largest absolute Gasteiger partial charge is 0.379 e. The quantitative estimate of drug-likeness (QED) is 0.778. The Hall–Kier alpha value is -2.29. The van der Waals surface area contributed by atoms with Gasteiger partial charge in [0.1, 0.15) is 5.65 Å². The van der Waals surface area contributed by atoms with Crippen molar-refractivity contribution in [2.24, 2.45) is 0 Å². The molecule has 2 aromatic heterocycles. The first-order chi connectivity index (χ1) is 10.2. The summed E-state index contributed by atoms with van der Waals surface area (Å²) in [5, 5.41) is 3.55. The van der Waals surface area contributed by atoms with Crippen molar-refractivity contribution in [3.05, 3.63) is 65.1 Å². The summed E-state index contributed by atoms with van der Waals surface area (Å²) in [6.07, 6.45) is 3.15. The Balaban J connectivity index is 1.85. The van der Waals surface area contributed by atoms with Crippen LogP contribution in [0.15, 0.2) is 42.6 Å². The maximum atomic E-state index is 4.67. The van der Waals surface area contributed by atoms with E-state index in [2.05, 4.69) is 65.9 Å². The molecule has 0 fully saturated rings. The monoisotopic (exact) mass is 279 g/mol. The molecular weight excluding hydrogens is 258 g/mol. The maximum Gasteiger partial charge on any atom is 0.137 e. The first kappa shape index (κ1) is 13.7. The number of fused-ring (bicyclic) bond motifs is 1. The van der Waals surface area contributed by atoms with E-state index in [0.717, 1.165) is 24.3 Å². The van der Waals surface area contributed by atoms with Crippen molar-refractivity contribution in [1.82, 2.24) is 9.38 Å². The number of benzene rings is 1. The summed E-state index contributed by atoms with van der Waals surface area (Å²) >= 11 is 0. The number of nitrogens with zero attached hydrogens (tertiary/aromatic N) is 2. The van der Waals surface area contributed by atoms with E-state index < -0.39 is 0 Å². The molecule has 0 aliphatic carbocycles. The lowest BCUT2D eigenvalue weighted by atomic mass is 10.1. The minimum atomic E-state index is 0.749. The maximum absolute atomic E-state index is 4.67. The predicted molar refractivity (Wildman–Crippen MR) is 87.8 cm³/mol. The third-order valence-corrected chi connectivity index (χ3v) is 3.93. The van der Waals surface area contributed by atoms with Crippen molar-refractivity contribution in [1.29, 1.82) is 0 Å². The van der Waals surface area contributed by atoms with Crippen LogP contribution in [0.2, 0.25) is 0 Å². The zero-order chi connectivity index (χ0) is 14.8. The molecule has 0 saturated carbocycles. The topological polar surface area (TPSA) is 29.3 Å². The standard InChI is InChI=1S/C18H21N3/c1-4-15-9-5-7-13(2)18(15)19-11-16-12-21-14(3)8-6-10-17(21)20-16/h5-10,12,19H,4,11H2,1-3H3. The van der Waals surface area contributed by atoms with Gasteiger partial charge in [0.25, 0.3) is 0 Å². The average molecular weight is 279 g/mol. The van der Waals surface area contributed by atoms with E-state index in [4.69, 9.17) is 0 Å². The minimum Gasteiger partial charge on any atom is -0.379 e. The lowest BCUT2D eigenvalue weighted by molar-refractivity contribution is 1.04. The van der Waals surface area contributed by atoms with Gasteiger partial charge in [-0.1, -0.05) is 31.2 Å². The van der Waals surface area contributed by atoms with Crippen LogP contribution >= 0.6 is 0 Å². The number of anilines is 1. The van der Waals surface area contributed by atoms with Crippen molar-refractivity contribution >= 4 is 11.3 Å². The smallest absolute Gasteiger partial charge is 0.137 e. The fourth-order valence-corrected chi connectivity index (χ4v) is 2.74. The number of para-hydroxylation sites is 1. The lowest BCUT2D eigenvalue weighted by Crippen LogP contribution is -2.04. The molecular formula is C18H21N3. The third kappa shape index (κ3) is 2.64. The van der Waals surface area contributed by atoms with Gasteiger partial charge in [0, 0.05) is 17.6 Å². The Bertz CT molecular complexity index is 771. The van der Waals surface area contributed by atoms with E-state index in [9.17, 15) is 0 Å². The minimum absolute atomic E-state index is 0.749. The molecule has 0 spiro atoms. The molecule has 0 unspecified atom stereocenters. The van der Waals surface area contributed by atoms with Gasteiger partial charge < -0.3 is 9.72 Å². The van der Waals surface area contributed by atoms with E-state index >= 15 is 0 Å². The fraction of sp³-hybridized carbons (Fsp3) is 0.278. The molecule has 0 aliphatic heterocycles. The van der Waals surface area contributed by atoms with Gasteiger partial charge >= 0.3 is 0 Å². The van der Waals surface area contributed by atoms with Crippen molar-refractivity contribution in [2.45, 2.75) is 33.7 Å². The van der Waals surface area contributed by atoms with Crippen molar-refractivity contribution in [3.63, 3.8) is 0 Å². The van der Waals surface area contributed by atoms with Gasteiger partial charge in [-0.25, -0.2) is 4.98 Å². The van der Waals surface area contributed by atoms with Crippen LogP contribution in [-0.4, -0.2) is 9.38 Å². The second-order valence-corrected chi connectivity index (χ2v) is 5.44. The van der Waals surface area contributed by atoms with E-state index in [1.807, 2.05) is 12.1 Å². The third-order valence-electron chi connectivity index (χ3n) is 3.93.